The summed E-state index contributed by atoms with van der Waals surface area (Å²) in [5, 5.41) is 1.67. The summed E-state index contributed by atoms with van der Waals surface area (Å²) in [6.45, 7) is 0. The molecule has 3 rings (SSSR count). The van der Waals surface area contributed by atoms with E-state index in [4.69, 9.17) is 26.5 Å². The van der Waals surface area contributed by atoms with Crippen molar-refractivity contribution >= 4 is 22.6 Å². The van der Waals surface area contributed by atoms with E-state index in [1.165, 1.54) is 0 Å². The monoisotopic (exact) mass is 287 g/mol. The maximum absolute atomic E-state index is 6.23. The number of halogens is 1. The molecule has 0 saturated heterocycles. The van der Waals surface area contributed by atoms with Crippen molar-refractivity contribution in [1.29, 1.82) is 0 Å². The van der Waals surface area contributed by atoms with E-state index >= 15 is 0 Å². The highest BCUT2D eigenvalue weighted by molar-refractivity contribution is 6.30. The Balaban J connectivity index is 1.98. The minimum absolute atomic E-state index is 0.314. The Hall–Kier alpha value is -1.97. The molecule has 1 unspecified atom stereocenters. The smallest absolute Gasteiger partial charge is 0.134 e. The second kappa shape index (κ2) is 5.19. The Morgan fingerprint density at radius 3 is 2.55 bits per heavy atom. The lowest BCUT2D eigenvalue weighted by Crippen LogP contribution is -2.10. The van der Waals surface area contributed by atoms with Crippen LogP contribution >= 0.6 is 11.6 Å². The number of furan rings is 1. The first-order chi connectivity index (χ1) is 9.67. The molecule has 3 nitrogen and oxygen atoms in total. The molecule has 4 heteroatoms. The zero-order valence-electron chi connectivity index (χ0n) is 11.0. The van der Waals surface area contributed by atoms with Crippen LogP contribution in [0, 0.1) is 0 Å². The van der Waals surface area contributed by atoms with Crippen molar-refractivity contribution in [3.8, 4) is 5.75 Å². The first kappa shape index (κ1) is 13.0. The molecule has 2 aromatic carbocycles. The number of methoxy groups -OCH3 is 1. The average Bonchev–Trinajstić information content (AvgIpc) is 2.90. The average molecular weight is 288 g/mol. The maximum Gasteiger partial charge on any atom is 0.134 e. The Labute approximate surface area is 121 Å². The Kier molecular flexibility index (Phi) is 3.38. The molecule has 0 fully saturated rings. The van der Waals surface area contributed by atoms with E-state index < -0.39 is 0 Å². The molecule has 2 N–H and O–H groups in total. The molecule has 0 amide bonds. The molecule has 0 aliphatic heterocycles. The fourth-order valence-corrected chi connectivity index (χ4v) is 2.28. The molecular weight excluding hydrogens is 274 g/mol. The van der Waals surface area contributed by atoms with E-state index in [9.17, 15) is 0 Å². The van der Waals surface area contributed by atoms with Crippen molar-refractivity contribution in [2.24, 2.45) is 5.73 Å². The van der Waals surface area contributed by atoms with E-state index in [1.54, 1.807) is 7.11 Å². The van der Waals surface area contributed by atoms with Crippen molar-refractivity contribution < 1.29 is 9.15 Å². The van der Waals surface area contributed by atoms with Crippen molar-refractivity contribution in [1.82, 2.24) is 0 Å². The van der Waals surface area contributed by atoms with Gasteiger partial charge in [0, 0.05) is 10.4 Å². The molecule has 0 radical (unpaired) electrons. The third-order valence-electron chi connectivity index (χ3n) is 3.28. The van der Waals surface area contributed by atoms with Crippen LogP contribution in [0.2, 0.25) is 5.02 Å². The predicted molar refractivity (Wildman–Crippen MR) is 80.2 cm³/mol. The van der Waals surface area contributed by atoms with Crippen LogP contribution in [0.3, 0.4) is 0 Å². The summed E-state index contributed by atoms with van der Waals surface area (Å²) < 4.78 is 11.0. The number of nitrogens with two attached hydrogens (primary N) is 1. The molecular formula is C16H14ClNO2. The highest BCUT2D eigenvalue weighted by Gasteiger charge is 2.14. The van der Waals surface area contributed by atoms with Crippen molar-refractivity contribution in [3.63, 3.8) is 0 Å². The normalized spacial score (nSPS) is 12.6. The maximum atomic E-state index is 6.23. The molecule has 20 heavy (non-hydrogen) atoms. The van der Waals surface area contributed by atoms with E-state index in [0.717, 1.165) is 28.0 Å². The number of hydrogen-bond donors (Lipinski definition) is 1. The first-order valence-corrected chi connectivity index (χ1v) is 6.64. The molecule has 102 valence electrons. The highest BCUT2D eigenvalue weighted by atomic mass is 35.5. The van der Waals surface area contributed by atoms with Crippen molar-refractivity contribution in [3.05, 3.63) is 64.9 Å². The predicted octanol–water partition coefficient (Wildman–Crippen LogP) is 4.14. The Morgan fingerprint density at radius 1 is 1.10 bits per heavy atom. The van der Waals surface area contributed by atoms with Gasteiger partial charge in [0.1, 0.15) is 17.1 Å². The first-order valence-electron chi connectivity index (χ1n) is 6.26. The van der Waals surface area contributed by atoms with Gasteiger partial charge in [0.2, 0.25) is 0 Å². The van der Waals surface area contributed by atoms with Gasteiger partial charge in [0.25, 0.3) is 0 Å². The summed E-state index contributed by atoms with van der Waals surface area (Å²) in [5.41, 5.74) is 7.99. The van der Waals surface area contributed by atoms with Gasteiger partial charge in [-0.3, -0.25) is 0 Å². The molecule has 0 aliphatic rings. The fourth-order valence-electron chi connectivity index (χ4n) is 2.16. The standard InChI is InChI=1S/C16H14ClNO2/c1-19-13-6-7-14-11(8-13)9-15(20-14)16(18)10-2-4-12(17)5-3-10/h2-9,16H,18H2,1H3. The lowest BCUT2D eigenvalue weighted by atomic mass is 10.1. The fraction of sp³-hybridized carbons (Fsp3) is 0.125. The van der Waals surface area contributed by atoms with Gasteiger partial charge < -0.3 is 14.9 Å². The third-order valence-corrected chi connectivity index (χ3v) is 3.53. The molecule has 1 heterocycles. The third kappa shape index (κ3) is 2.38. The van der Waals surface area contributed by atoms with Crippen molar-refractivity contribution in [2.75, 3.05) is 7.11 Å². The molecule has 0 aliphatic carbocycles. The van der Waals surface area contributed by atoms with E-state index in [1.807, 2.05) is 48.5 Å². The van der Waals surface area contributed by atoms with E-state index in [-0.39, 0.29) is 6.04 Å². The van der Waals surface area contributed by atoms with Crippen LogP contribution in [0.4, 0.5) is 0 Å². The van der Waals surface area contributed by atoms with Gasteiger partial charge >= 0.3 is 0 Å². The molecule has 0 saturated carbocycles. The van der Waals surface area contributed by atoms with E-state index in [2.05, 4.69) is 0 Å². The molecule has 1 aromatic heterocycles. The molecule has 0 bridgehead atoms. The SMILES string of the molecule is COc1ccc2oc(C(N)c3ccc(Cl)cc3)cc2c1. The Morgan fingerprint density at radius 2 is 1.85 bits per heavy atom. The van der Waals surface area contributed by atoms with Crippen LogP contribution in [0.25, 0.3) is 11.0 Å². The quantitative estimate of drug-likeness (QED) is 0.787. The van der Waals surface area contributed by atoms with Gasteiger partial charge in [0.15, 0.2) is 0 Å². The van der Waals surface area contributed by atoms with Gasteiger partial charge in [-0.25, -0.2) is 0 Å². The highest BCUT2D eigenvalue weighted by Crippen LogP contribution is 2.29. The number of rotatable bonds is 3. The van der Waals surface area contributed by atoms with E-state index in [0.29, 0.717) is 5.02 Å². The number of hydrogen-bond acceptors (Lipinski definition) is 3. The van der Waals surface area contributed by atoms with Crippen LogP contribution < -0.4 is 10.5 Å². The summed E-state index contributed by atoms with van der Waals surface area (Å²) in [4.78, 5) is 0. The minimum Gasteiger partial charge on any atom is -0.497 e. The zero-order valence-corrected chi connectivity index (χ0v) is 11.7. The van der Waals surface area contributed by atoms with Crippen molar-refractivity contribution in [2.45, 2.75) is 6.04 Å². The summed E-state index contributed by atoms with van der Waals surface area (Å²) in [5.74, 6) is 1.51. The zero-order chi connectivity index (χ0) is 14.1. The van der Waals surface area contributed by atoms with Gasteiger partial charge in [0.05, 0.1) is 13.2 Å². The summed E-state index contributed by atoms with van der Waals surface area (Å²) >= 11 is 5.88. The molecule has 0 spiro atoms. The van der Waals surface area contributed by atoms with Crippen LogP contribution in [0.15, 0.2) is 52.9 Å². The van der Waals surface area contributed by atoms with Gasteiger partial charge in [-0.05, 0) is 42.0 Å². The van der Waals surface area contributed by atoms with Crippen LogP contribution in [0.1, 0.15) is 17.4 Å². The topological polar surface area (TPSA) is 48.4 Å². The van der Waals surface area contributed by atoms with Gasteiger partial charge in [-0.15, -0.1) is 0 Å². The largest absolute Gasteiger partial charge is 0.497 e. The lowest BCUT2D eigenvalue weighted by Gasteiger charge is -2.08. The molecule has 1 atom stereocenters. The lowest BCUT2D eigenvalue weighted by molar-refractivity contribution is 0.415. The second-order valence-corrected chi connectivity index (χ2v) is 5.02. The van der Waals surface area contributed by atoms with Gasteiger partial charge in [-0.2, -0.15) is 0 Å². The summed E-state index contributed by atoms with van der Waals surface area (Å²) in [6.07, 6.45) is 0. The summed E-state index contributed by atoms with van der Waals surface area (Å²) in [7, 11) is 1.64. The second-order valence-electron chi connectivity index (χ2n) is 4.58. The summed E-state index contributed by atoms with van der Waals surface area (Å²) in [6, 6.07) is 14.8. The minimum atomic E-state index is -0.314. The number of fused-ring (bicyclic) bond motifs is 1. The Bertz CT molecular complexity index is 734. The molecule has 3 aromatic rings. The van der Waals surface area contributed by atoms with Crippen LogP contribution in [-0.4, -0.2) is 7.11 Å². The van der Waals surface area contributed by atoms with Crippen LogP contribution in [0.5, 0.6) is 5.75 Å². The number of ether oxygens (including phenoxy) is 1. The number of benzene rings is 2. The van der Waals surface area contributed by atoms with Gasteiger partial charge in [-0.1, -0.05) is 23.7 Å². The van der Waals surface area contributed by atoms with Crippen LogP contribution in [-0.2, 0) is 0 Å².